The molecule has 0 atom stereocenters. The molecule has 0 unspecified atom stereocenters. The highest BCUT2D eigenvalue weighted by molar-refractivity contribution is 6.32. The van der Waals surface area contributed by atoms with Crippen molar-refractivity contribution in [3.05, 3.63) is 63.7 Å². The first-order valence-electron chi connectivity index (χ1n) is 7.93. The zero-order valence-electron chi connectivity index (χ0n) is 14.3. The lowest BCUT2D eigenvalue weighted by Gasteiger charge is -2.12. The lowest BCUT2D eigenvalue weighted by Crippen LogP contribution is -2.38. The maximum absolute atomic E-state index is 11.8. The Morgan fingerprint density at radius 2 is 1.71 bits per heavy atom. The Hall–Kier alpha value is -2.20. The fourth-order valence-corrected chi connectivity index (χ4v) is 2.55. The van der Waals surface area contributed by atoms with Gasteiger partial charge in [-0.2, -0.15) is 0 Å². The molecule has 0 saturated carbocycles. The molecule has 0 aliphatic heterocycles. The van der Waals surface area contributed by atoms with Crippen LogP contribution in [0.1, 0.15) is 22.3 Å². The van der Waals surface area contributed by atoms with E-state index in [2.05, 4.69) is 29.7 Å². The summed E-state index contributed by atoms with van der Waals surface area (Å²) >= 11 is 6.12. The molecule has 5 heteroatoms. The molecular formula is C19H23ClN2O2. The summed E-state index contributed by atoms with van der Waals surface area (Å²) in [5.74, 6) is 0.689. The standard InChI is InChI=1S/C19H23ClN2O2/c1-13-6-4-5-7-16(13)8-9-21-19(23)22-12-24-17-10-14(2)18(20)15(3)11-17/h4-7,10-11H,8-9,12H2,1-3H3,(H2,21,22,23). The zero-order valence-corrected chi connectivity index (χ0v) is 15.0. The van der Waals surface area contributed by atoms with Gasteiger partial charge in [0.05, 0.1) is 0 Å². The third-order valence-electron chi connectivity index (χ3n) is 3.82. The Bertz CT molecular complexity index is 693. The second kappa shape index (κ2) is 8.60. The molecule has 24 heavy (non-hydrogen) atoms. The van der Waals surface area contributed by atoms with Gasteiger partial charge in [0.1, 0.15) is 5.75 Å². The summed E-state index contributed by atoms with van der Waals surface area (Å²) in [7, 11) is 0. The third kappa shape index (κ3) is 5.17. The van der Waals surface area contributed by atoms with E-state index in [0.717, 1.165) is 22.6 Å². The molecule has 0 aromatic heterocycles. The lowest BCUT2D eigenvalue weighted by molar-refractivity contribution is 0.224. The van der Waals surface area contributed by atoms with Crippen molar-refractivity contribution in [1.29, 1.82) is 0 Å². The van der Waals surface area contributed by atoms with Crippen molar-refractivity contribution in [2.75, 3.05) is 13.3 Å². The van der Waals surface area contributed by atoms with Gasteiger partial charge in [-0.3, -0.25) is 0 Å². The Kier molecular flexibility index (Phi) is 6.50. The van der Waals surface area contributed by atoms with E-state index in [1.807, 2.05) is 38.1 Å². The van der Waals surface area contributed by atoms with E-state index >= 15 is 0 Å². The second-order valence-electron chi connectivity index (χ2n) is 5.77. The molecule has 0 spiro atoms. The molecule has 0 saturated heterocycles. The quantitative estimate of drug-likeness (QED) is 0.772. The van der Waals surface area contributed by atoms with Crippen LogP contribution in [0.25, 0.3) is 0 Å². The highest BCUT2D eigenvalue weighted by Gasteiger charge is 2.05. The van der Waals surface area contributed by atoms with E-state index in [1.165, 1.54) is 11.1 Å². The summed E-state index contributed by atoms with van der Waals surface area (Å²) in [4.78, 5) is 11.8. The number of urea groups is 1. The van der Waals surface area contributed by atoms with E-state index in [-0.39, 0.29) is 12.8 Å². The van der Waals surface area contributed by atoms with Gasteiger partial charge in [0.15, 0.2) is 6.73 Å². The smallest absolute Gasteiger partial charge is 0.317 e. The van der Waals surface area contributed by atoms with E-state index < -0.39 is 0 Å². The number of rotatable bonds is 6. The summed E-state index contributed by atoms with van der Waals surface area (Å²) < 4.78 is 5.55. The number of hydrogen-bond donors (Lipinski definition) is 2. The van der Waals surface area contributed by atoms with Crippen molar-refractivity contribution in [2.24, 2.45) is 0 Å². The van der Waals surface area contributed by atoms with Crippen LogP contribution in [0.2, 0.25) is 5.02 Å². The van der Waals surface area contributed by atoms with Crippen LogP contribution in [0.15, 0.2) is 36.4 Å². The maximum Gasteiger partial charge on any atom is 0.317 e. The van der Waals surface area contributed by atoms with Crippen LogP contribution in [-0.4, -0.2) is 19.3 Å². The average molecular weight is 347 g/mol. The van der Waals surface area contributed by atoms with Crippen LogP contribution >= 0.6 is 11.6 Å². The molecule has 2 rings (SSSR count). The van der Waals surface area contributed by atoms with Gasteiger partial charge in [-0.05, 0) is 61.6 Å². The topological polar surface area (TPSA) is 50.4 Å². The van der Waals surface area contributed by atoms with E-state index in [4.69, 9.17) is 16.3 Å². The number of nitrogens with one attached hydrogen (secondary N) is 2. The third-order valence-corrected chi connectivity index (χ3v) is 4.42. The minimum absolute atomic E-state index is 0.108. The number of amides is 2. The molecule has 0 fully saturated rings. The van der Waals surface area contributed by atoms with Gasteiger partial charge >= 0.3 is 6.03 Å². The molecule has 2 N–H and O–H groups in total. The van der Waals surface area contributed by atoms with E-state index in [9.17, 15) is 4.79 Å². The Morgan fingerprint density at radius 3 is 2.38 bits per heavy atom. The number of halogens is 1. The molecule has 128 valence electrons. The van der Waals surface area contributed by atoms with Gasteiger partial charge < -0.3 is 15.4 Å². The van der Waals surface area contributed by atoms with Crippen molar-refractivity contribution in [1.82, 2.24) is 10.6 Å². The van der Waals surface area contributed by atoms with Gasteiger partial charge in [0.2, 0.25) is 0 Å². The van der Waals surface area contributed by atoms with Crippen molar-refractivity contribution in [3.8, 4) is 5.75 Å². The number of carbonyl (C=O) groups is 1. The second-order valence-corrected chi connectivity index (χ2v) is 6.15. The minimum atomic E-state index is -0.244. The SMILES string of the molecule is Cc1ccccc1CCNC(=O)NCOc1cc(C)c(Cl)c(C)c1. The highest BCUT2D eigenvalue weighted by Crippen LogP contribution is 2.25. The van der Waals surface area contributed by atoms with Crippen LogP contribution in [0, 0.1) is 20.8 Å². The number of carbonyl (C=O) groups excluding carboxylic acids is 1. The minimum Gasteiger partial charge on any atom is -0.473 e. The predicted octanol–water partition coefficient (Wildman–Crippen LogP) is 4.14. The Balaban J connectivity index is 1.71. The fraction of sp³-hybridized carbons (Fsp3) is 0.316. The van der Waals surface area contributed by atoms with Gasteiger partial charge in [-0.15, -0.1) is 0 Å². The molecule has 4 nitrogen and oxygen atoms in total. The van der Waals surface area contributed by atoms with Crippen molar-refractivity contribution < 1.29 is 9.53 Å². The van der Waals surface area contributed by atoms with Crippen molar-refractivity contribution in [3.63, 3.8) is 0 Å². The van der Waals surface area contributed by atoms with Crippen LogP contribution in [0.5, 0.6) is 5.75 Å². The van der Waals surface area contributed by atoms with Crippen LogP contribution in [0.4, 0.5) is 4.79 Å². The maximum atomic E-state index is 11.8. The molecule has 2 aromatic rings. The molecule has 2 amide bonds. The number of aryl methyl sites for hydroxylation is 3. The number of ether oxygens (including phenoxy) is 1. The van der Waals surface area contributed by atoms with Gasteiger partial charge in [-0.25, -0.2) is 4.79 Å². The van der Waals surface area contributed by atoms with Crippen LogP contribution in [0.3, 0.4) is 0 Å². The summed E-state index contributed by atoms with van der Waals surface area (Å²) in [6.07, 6.45) is 0.802. The number of hydrogen-bond acceptors (Lipinski definition) is 2. The monoisotopic (exact) mass is 346 g/mol. The van der Waals surface area contributed by atoms with Crippen molar-refractivity contribution >= 4 is 17.6 Å². The Labute approximate surface area is 148 Å². The zero-order chi connectivity index (χ0) is 17.5. The van der Waals surface area contributed by atoms with E-state index in [1.54, 1.807) is 0 Å². The summed E-state index contributed by atoms with van der Waals surface area (Å²) in [6, 6.07) is 11.6. The molecule has 0 radical (unpaired) electrons. The van der Waals surface area contributed by atoms with Gasteiger partial charge in [0, 0.05) is 11.6 Å². The van der Waals surface area contributed by atoms with Crippen LogP contribution in [-0.2, 0) is 6.42 Å². The molecular weight excluding hydrogens is 324 g/mol. The summed E-state index contributed by atoms with van der Waals surface area (Å²) in [5.41, 5.74) is 4.38. The highest BCUT2D eigenvalue weighted by atomic mass is 35.5. The largest absolute Gasteiger partial charge is 0.473 e. The predicted molar refractivity (Wildman–Crippen MR) is 97.8 cm³/mol. The first kappa shape index (κ1) is 18.1. The summed E-state index contributed by atoms with van der Waals surface area (Å²) in [6.45, 7) is 6.60. The summed E-state index contributed by atoms with van der Waals surface area (Å²) in [5, 5.41) is 6.25. The number of benzene rings is 2. The normalized spacial score (nSPS) is 10.3. The average Bonchev–Trinajstić information content (AvgIpc) is 2.54. The molecule has 0 aliphatic carbocycles. The van der Waals surface area contributed by atoms with Gasteiger partial charge in [0.25, 0.3) is 0 Å². The molecule has 2 aromatic carbocycles. The molecule has 0 bridgehead atoms. The fourth-order valence-electron chi connectivity index (χ4n) is 2.44. The molecule has 0 aliphatic rings. The van der Waals surface area contributed by atoms with Gasteiger partial charge in [-0.1, -0.05) is 35.9 Å². The Morgan fingerprint density at radius 1 is 1.04 bits per heavy atom. The molecule has 0 heterocycles. The van der Waals surface area contributed by atoms with Crippen molar-refractivity contribution in [2.45, 2.75) is 27.2 Å². The van der Waals surface area contributed by atoms with Crippen LogP contribution < -0.4 is 15.4 Å². The lowest BCUT2D eigenvalue weighted by atomic mass is 10.1. The first-order chi connectivity index (χ1) is 11.5. The first-order valence-corrected chi connectivity index (χ1v) is 8.31. The van der Waals surface area contributed by atoms with E-state index in [0.29, 0.717) is 12.3 Å².